The van der Waals surface area contributed by atoms with Crippen molar-refractivity contribution in [1.82, 2.24) is 9.97 Å². The van der Waals surface area contributed by atoms with Crippen molar-refractivity contribution in [1.29, 1.82) is 0 Å². The fourth-order valence-corrected chi connectivity index (χ4v) is 3.40. The van der Waals surface area contributed by atoms with Crippen LogP contribution >= 0.6 is 11.6 Å². The molecule has 1 unspecified atom stereocenters. The summed E-state index contributed by atoms with van der Waals surface area (Å²) in [5.74, 6) is 2.15. The first-order chi connectivity index (χ1) is 13.7. The van der Waals surface area contributed by atoms with Crippen molar-refractivity contribution in [3.8, 4) is 11.4 Å². The zero-order valence-electron chi connectivity index (χ0n) is 15.8. The van der Waals surface area contributed by atoms with Crippen LogP contribution in [0, 0.1) is 6.92 Å². The molecular formula is C22H23ClN4O. The maximum absolute atomic E-state index is 6.26. The molecule has 4 rings (SSSR count). The summed E-state index contributed by atoms with van der Waals surface area (Å²) in [7, 11) is 0. The normalized spacial score (nSPS) is 16.1. The Bertz CT molecular complexity index is 943. The van der Waals surface area contributed by atoms with E-state index in [4.69, 9.17) is 26.3 Å². The maximum atomic E-state index is 6.26. The molecule has 6 heteroatoms. The molecule has 144 valence electrons. The molecule has 28 heavy (non-hydrogen) atoms. The predicted molar refractivity (Wildman–Crippen MR) is 114 cm³/mol. The van der Waals surface area contributed by atoms with Gasteiger partial charge in [0.1, 0.15) is 11.6 Å². The van der Waals surface area contributed by atoms with Crippen LogP contribution in [0.3, 0.4) is 0 Å². The first-order valence-corrected chi connectivity index (χ1v) is 9.89. The SMILES string of the molecule is Cc1c(Cl)cccc1Nc1cc(NCC2CCCO2)nc(-c2ccccc2)n1. The van der Waals surface area contributed by atoms with Gasteiger partial charge in [0.25, 0.3) is 0 Å². The number of halogens is 1. The van der Waals surface area contributed by atoms with E-state index in [1.165, 1.54) is 0 Å². The van der Waals surface area contributed by atoms with E-state index in [1.807, 2.05) is 61.5 Å². The van der Waals surface area contributed by atoms with E-state index >= 15 is 0 Å². The van der Waals surface area contributed by atoms with E-state index in [9.17, 15) is 0 Å². The second-order valence-electron chi connectivity index (χ2n) is 6.88. The number of nitrogens with one attached hydrogen (secondary N) is 2. The van der Waals surface area contributed by atoms with Gasteiger partial charge in [-0.2, -0.15) is 0 Å². The Kier molecular flexibility index (Phi) is 5.74. The molecule has 0 aliphatic carbocycles. The molecule has 2 heterocycles. The Morgan fingerprint density at radius 1 is 1.07 bits per heavy atom. The molecular weight excluding hydrogens is 372 g/mol. The molecule has 1 aromatic heterocycles. The monoisotopic (exact) mass is 394 g/mol. The van der Waals surface area contributed by atoms with Crippen molar-refractivity contribution in [2.75, 3.05) is 23.8 Å². The summed E-state index contributed by atoms with van der Waals surface area (Å²) in [6.45, 7) is 3.56. The van der Waals surface area contributed by atoms with Crippen LogP contribution in [0.4, 0.5) is 17.3 Å². The van der Waals surface area contributed by atoms with Gasteiger partial charge in [-0.3, -0.25) is 0 Å². The van der Waals surface area contributed by atoms with Crippen LogP contribution in [0.5, 0.6) is 0 Å². The van der Waals surface area contributed by atoms with E-state index in [2.05, 4.69) is 10.6 Å². The molecule has 2 N–H and O–H groups in total. The minimum atomic E-state index is 0.238. The quantitative estimate of drug-likeness (QED) is 0.583. The predicted octanol–water partition coefficient (Wildman–Crippen LogP) is 5.44. The lowest BCUT2D eigenvalue weighted by atomic mass is 10.2. The number of anilines is 3. The topological polar surface area (TPSA) is 59.1 Å². The maximum Gasteiger partial charge on any atom is 0.163 e. The molecule has 3 aromatic rings. The Balaban J connectivity index is 1.63. The lowest BCUT2D eigenvalue weighted by molar-refractivity contribution is 0.120. The summed E-state index contributed by atoms with van der Waals surface area (Å²) < 4.78 is 5.71. The van der Waals surface area contributed by atoms with Crippen molar-refractivity contribution in [2.45, 2.75) is 25.9 Å². The van der Waals surface area contributed by atoms with Gasteiger partial charge < -0.3 is 15.4 Å². The second kappa shape index (κ2) is 8.59. The molecule has 1 saturated heterocycles. The van der Waals surface area contributed by atoms with Gasteiger partial charge in [0.05, 0.1) is 6.10 Å². The molecule has 0 bridgehead atoms. The number of hydrogen-bond donors (Lipinski definition) is 2. The Morgan fingerprint density at radius 3 is 2.68 bits per heavy atom. The third-order valence-corrected chi connectivity index (χ3v) is 5.23. The standard InChI is InChI=1S/C22H23ClN4O/c1-15-18(23)10-5-11-19(15)25-21-13-20(24-14-17-9-6-12-28-17)26-22(27-21)16-7-3-2-4-8-16/h2-5,7-8,10-11,13,17H,6,9,12,14H2,1H3,(H2,24,25,26,27). The molecule has 0 saturated carbocycles. The zero-order valence-corrected chi connectivity index (χ0v) is 16.5. The first-order valence-electron chi connectivity index (χ1n) is 9.51. The molecule has 2 aromatic carbocycles. The minimum Gasteiger partial charge on any atom is -0.376 e. The molecule has 5 nitrogen and oxygen atoms in total. The number of rotatable bonds is 6. The van der Waals surface area contributed by atoms with Crippen molar-refractivity contribution in [2.24, 2.45) is 0 Å². The average molecular weight is 395 g/mol. The fourth-order valence-electron chi connectivity index (χ4n) is 3.22. The molecule has 0 amide bonds. The Morgan fingerprint density at radius 2 is 1.89 bits per heavy atom. The van der Waals surface area contributed by atoms with E-state index in [0.717, 1.165) is 53.6 Å². The lowest BCUT2D eigenvalue weighted by Gasteiger charge is -2.15. The van der Waals surface area contributed by atoms with Gasteiger partial charge in [0.15, 0.2) is 5.82 Å². The van der Waals surface area contributed by atoms with Crippen molar-refractivity contribution >= 4 is 28.9 Å². The van der Waals surface area contributed by atoms with Crippen molar-refractivity contribution < 1.29 is 4.74 Å². The molecule has 0 spiro atoms. The van der Waals surface area contributed by atoms with Crippen LogP contribution in [0.2, 0.25) is 5.02 Å². The van der Waals surface area contributed by atoms with Gasteiger partial charge in [0, 0.05) is 35.5 Å². The molecule has 1 fully saturated rings. The van der Waals surface area contributed by atoms with Gasteiger partial charge in [-0.05, 0) is 37.5 Å². The minimum absolute atomic E-state index is 0.238. The number of benzene rings is 2. The highest BCUT2D eigenvalue weighted by Crippen LogP contribution is 2.28. The zero-order chi connectivity index (χ0) is 19.3. The summed E-state index contributed by atoms with van der Waals surface area (Å²) in [6.07, 6.45) is 2.43. The van der Waals surface area contributed by atoms with E-state index < -0.39 is 0 Å². The molecule has 1 aliphatic rings. The molecule has 1 aliphatic heterocycles. The largest absolute Gasteiger partial charge is 0.376 e. The van der Waals surface area contributed by atoms with Crippen LogP contribution in [0.15, 0.2) is 54.6 Å². The summed E-state index contributed by atoms with van der Waals surface area (Å²) >= 11 is 6.26. The van der Waals surface area contributed by atoms with E-state index in [-0.39, 0.29) is 6.10 Å². The van der Waals surface area contributed by atoms with E-state index in [0.29, 0.717) is 11.6 Å². The summed E-state index contributed by atoms with van der Waals surface area (Å²) in [5, 5.41) is 7.51. The molecule has 0 radical (unpaired) electrons. The number of aromatic nitrogens is 2. The van der Waals surface area contributed by atoms with Crippen LogP contribution in [-0.4, -0.2) is 29.2 Å². The number of hydrogen-bond acceptors (Lipinski definition) is 5. The van der Waals surface area contributed by atoms with Gasteiger partial charge in [-0.1, -0.05) is 48.0 Å². The highest BCUT2D eigenvalue weighted by Gasteiger charge is 2.16. The third-order valence-electron chi connectivity index (χ3n) is 4.82. The third kappa shape index (κ3) is 4.43. The Labute approximate surface area is 170 Å². The number of ether oxygens (including phenoxy) is 1. The second-order valence-corrected chi connectivity index (χ2v) is 7.29. The van der Waals surface area contributed by atoms with Gasteiger partial charge in [-0.15, -0.1) is 0 Å². The summed E-state index contributed by atoms with van der Waals surface area (Å²) in [6, 6.07) is 17.7. The van der Waals surface area contributed by atoms with Gasteiger partial charge in [-0.25, -0.2) is 9.97 Å². The molecule has 1 atom stereocenters. The van der Waals surface area contributed by atoms with Crippen LogP contribution in [0.1, 0.15) is 18.4 Å². The highest BCUT2D eigenvalue weighted by atomic mass is 35.5. The number of nitrogens with zero attached hydrogens (tertiary/aromatic N) is 2. The van der Waals surface area contributed by atoms with Crippen molar-refractivity contribution in [3.63, 3.8) is 0 Å². The smallest absolute Gasteiger partial charge is 0.163 e. The summed E-state index contributed by atoms with van der Waals surface area (Å²) in [4.78, 5) is 9.42. The van der Waals surface area contributed by atoms with Crippen LogP contribution in [0.25, 0.3) is 11.4 Å². The van der Waals surface area contributed by atoms with Crippen LogP contribution in [-0.2, 0) is 4.74 Å². The van der Waals surface area contributed by atoms with Gasteiger partial charge >= 0.3 is 0 Å². The summed E-state index contributed by atoms with van der Waals surface area (Å²) in [5.41, 5.74) is 2.88. The van der Waals surface area contributed by atoms with Crippen molar-refractivity contribution in [3.05, 3.63) is 65.2 Å². The Hall–Kier alpha value is -2.63. The van der Waals surface area contributed by atoms with E-state index in [1.54, 1.807) is 0 Å². The first kappa shape index (κ1) is 18.7. The van der Waals surface area contributed by atoms with Gasteiger partial charge in [0.2, 0.25) is 0 Å². The van der Waals surface area contributed by atoms with Crippen LogP contribution < -0.4 is 10.6 Å². The fraction of sp³-hybridized carbons (Fsp3) is 0.273. The lowest BCUT2D eigenvalue weighted by Crippen LogP contribution is -2.19. The average Bonchev–Trinajstić information content (AvgIpc) is 3.24. The highest BCUT2D eigenvalue weighted by molar-refractivity contribution is 6.31.